The summed E-state index contributed by atoms with van der Waals surface area (Å²) in [4.78, 5) is 13.2. The number of aromatic amines is 1. The van der Waals surface area contributed by atoms with Crippen molar-refractivity contribution in [3.63, 3.8) is 0 Å². The highest BCUT2D eigenvalue weighted by atomic mass is 32.3. The van der Waals surface area contributed by atoms with Gasteiger partial charge in [0.1, 0.15) is 0 Å². The van der Waals surface area contributed by atoms with Crippen molar-refractivity contribution in [2.75, 3.05) is 17.2 Å². The number of aromatic nitrogens is 2. The first-order valence-corrected chi connectivity index (χ1v) is 7.71. The summed E-state index contributed by atoms with van der Waals surface area (Å²) in [6.45, 7) is 2.22. The van der Waals surface area contributed by atoms with Gasteiger partial charge >= 0.3 is 10.2 Å². The molecule has 0 aliphatic carbocycles. The van der Waals surface area contributed by atoms with E-state index < -0.39 is 21.9 Å². The number of carbonyl (C=O) groups excluding carboxylic acids is 1. The molecule has 6 nitrogen and oxygen atoms in total. The summed E-state index contributed by atoms with van der Waals surface area (Å²) in [6, 6.07) is 1.77. The molecule has 1 aromatic rings. The van der Waals surface area contributed by atoms with Crippen LogP contribution in [0.4, 0.5) is 9.70 Å². The molecular weight excluding hydrogens is 273 g/mol. The zero-order chi connectivity index (χ0) is 14.0. The third-order valence-corrected chi connectivity index (χ3v) is 3.92. The van der Waals surface area contributed by atoms with Crippen molar-refractivity contribution < 1.29 is 17.1 Å². The van der Waals surface area contributed by atoms with Gasteiger partial charge in [0.05, 0.1) is 5.75 Å². The van der Waals surface area contributed by atoms with E-state index in [9.17, 15) is 17.1 Å². The number of H-pyrrole nitrogens is 1. The van der Waals surface area contributed by atoms with Crippen LogP contribution in [0.3, 0.4) is 0 Å². The highest BCUT2D eigenvalue weighted by Crippen LogP contribution is 2.25. The molecule has 2 heterocycles. The highest BCUT2D eigenvalue weighted by molar-refractivity contribution is 7.86. The van der Waals surface area contributed by atoms with Gasteiger partial charge in [0.2, 0.25) is 5.91 Å². The fourth-order valence-corrected chi connectivity index (χ4v) is 3.07. The first-order valence-electron chi connectivity index (χ1n) is 6.16. The maximum atomic E-state index is 12.6. The number of nitrogens with one attached hydrogen (secondary N) is 1. The molecule has 1 aliphatic heterocycles. The second kappa shape index (κ2) is 5.28. The van der Waals surface area contributed by atoms with Crippen LogP contribution in [0.15, 0.2) is 6.07 Å². The predicted octanol–water partition coefficient (Wildman–Crippen LogP) is 1.01. The number of aryl methyl sites for hydroxylation is 1. The Morgan fingerprint density at radius 2 is 2.32 bits per heavy atom. The molecule has 1 amide bonds. The lowest BCUT2D eigenvalue weighted by atomic mass is 10.1. The van der Waals surface area contributed by atoms with Gasteiger partial charge in [-0.3, -0.25) is 14.8 Å². The maximum absolute atomic E-state index is 12.6. The molecule has 1 fully saturated rings. The van der Waals surface area contributed by atoms with Crippen molar-refractivity contribution >= 4 is 21.9 Å². The van der Waals surface area contributed by atoms with Gasteiger partial charge in [-0.25, -0.2) is 0 Å². The second-order valence-corrected chi connectivity index (χ2v) is 6.19. The van der Waals surface area contributed by atoms with Crippen molar-refractivity contribution in [1.82, 2.24) is 10.2 Å². The summed E-state index contributed by atoms with van der Waals surface area (Å²) in [5, 5.41) is 6.87. The van der Waals surface area contributed by atoms with Crippen LogP contribution in [0.2, 0.25) is 0 Å². The summed E-state index contributed by atoms with van der Waals surface area (Å²) < 4.78 is 33.8. The van der Waals surface area contributed by atoms with E-state index in [4.69, 9.17) is 0 Å². The number of anilines is 1. The number of amides is 1. The van der Waals surface area contributed by atoms with Crippen molar-refractivity contribution in [2.24, 2.45) is 5.92 Å². The molecule has 0 bridgehead atoms. The van der Waals surface area contributed by atoms with Gasteiger partial charge in [-0.2, -0.15) is 13.5 Å². The van der Waals surface area contributed by atoms with Crippen molar-refractivity contribution in [1.29, 1.82) is 0 Å². The summed E-state index contributed by atoms with van der Waals surface area (Å²) in [5.41, 5.74) is 0.923. The molecule has 1 atom stereocenters. The Hall–Kier alpha value is -1.44. The fourth-order valence-electron chi connectivity index (χ4n) is 2.28. The predicted molar refractivity (Wildman–Crippen MR) is 67.9 cm³/mol. The van der Waals surface area contributed by atoms with Crippen LogP contribution >= 0.6 is 0 Å². The van der Waals surface area contributed by atoms with Gasteiger partial charge in [0.15, 0.2) is 5.82 Å². The largest absolute Gasteiger partial charge is 0.302 e. The van der Waals surface area contributed by atoms with E-state index in [1.165, 1.54) is 4.90 Å². The summed E-state index contributed by atoms with van der Waals surface area (Å²) in [7, 11) is -4.55. The smallest absolute Gasteiger partial charge is 0.295 e. The number of nitrogens with zero attached hydrogens (tertiary/aromatic N) is 2. The quantitative estimate of drug-likeness (QED) is 0.820. The van der Waals surface area contributed by atoms with Crippen LogP contribution in [0, 0.1) is 5.92 Å². The Morgan fingerprint density at radius 1 is 1.58 bits per heavy atom. The third kappa shape index (κ3) is 3.52. The first-order chi connectivity index (χ1) is 8.89. The van der Waals surface area contributed by atoms with E-state index in [0.29, 0.717) is 5.82 Å². The lowest BCUT2D eigenvalue weighted by molar-refractivity contribution is -0.117. The van der Waals surface area contributed by atoms with Crippen LogP contribution < -0.4 is 4.90 Å². The minimum absolute atomic E-state index is 0.0408. The van der Waals surface area contributed by atoms with Gasteiger partial charge in [-0.15, -0.1) is 3.89 Å². The first kappa shape index (κ1) is 14.0. The van der Waals surface area contributed by atoms with E-state index in [1.807, 2.05) is 6.92 Å². The fraction of sp³-hybridized carbons (Fsp3) is 0.636. The molecule has 0 aromatic carbocycles. The summed E-state index contributed by atoms with van der Waals surface area (Å²) in [5.74, 6) is -0.856. The Kier molecular flexibility index (Phi) is 3.88. The van der Waals surface area contributed by atoms with Gasteiger partial charge < -0.3 is 0 Å². The Balaban J connectivity index is 2.06. The normalized spacial score (nSPS) is 20.2. The summed E-state index contributed by atoms with van der Waals surface area (Å²) in [6.07, 6.45) is 1.83. The average Bonchev–Trinajstić information content (AvgIpc) is 2.84. The van der Waals surface area contributed by atoms with E-state index >= 15 is 0 Å². The molecule has 1 unspecified atom stereocenters. The molecule has 1 aromatic heterocycles. The van der Waals surface area contributed by atoms with Crippen molar-refractivity contribution in [2.45, 2.75) is 26.2 Å². The number of hydrogen-bond donors (Lipinski definition) is 1. The zero-order valence-electron chi connectivity index (χ0n) is 10.6. The van der Waals surface area contributed by atoms with Gasteiger partial charge in [0.25, 0.3) is 0 Å². The lowest BCUT2D eigenvalue weighted by Gasteiger charge is -2.12. The maximum Gasteiger partial charge on any atom is 0.302 e. The number of rotatable bonds is 5. The average molecular weight is 289 g/mol. The lowest BCUT2D eigenvalue weighted by Crippen LogP contribution is -2.25. The molecule has 1 saturated heterocycles. The summed E-state index contributed by atoms with van der Waals surface area (Å²) >= 11 is 0. The highest BCUT2D eigenvalue weighted by Gasteiger charge is 2.34. The molecule has 8 heteroatoms. The molecule has 1 N–H and O–H groups in total. The molecule has 2 rings (SSSR count). The van der Waals surface area contributed by atoms with Gasteiger partial charge in [0, 0.05) is 30.6 Å². The number of carbonyl (C=O) groups is 1. The standard InChI is InChI=1S/C11H16FN3O3S/c1-2-3-9-5-10(14-13-9)15-6-8(4-11(15)16)7-19(12,17)18/h5,8H,2-4,6-7H2,1H3,(H,13,14). The van der Waals surface area contributed by atoms with E-state index in [2.05, 4.69) is 10.2 Å². The van der Waals surface area contributed by atoms with Crippen molar-refractivity contribution in [3.8, 4) is 0 Å². The minimum Gasteiger partial charge on any atom is -0.295 e. The molecule has 0 radical (unpaired) electrons. The van der Waals surface area contributed by atoms with Crippen LogP contribution in [-0.2, 0) is 21.4 Å². The molecule has 1 aliphatic rings. The Morgan fingerprint density at radius 3 is 2.95 bits per heavy atom. The molecule has 0 spiro atoms. The topological polar surface area (TPSA) is 83.1 Å². The Labute approximate surface area is 111 Å². The van der Waals surface area contributed by atoms with E-state index in [1.54, 1.807) is 6.07 Å². The van der Waals surface area contributed by atoms with Crippen LogP contribution in [0.5, 0.6) is 0 Å². The monoisotopic (exact) mass is 289 g/mol. The van der Waals surface area contributed by atoms with Gasteiger partial charge in [-0.05, 0) is 6.42 Å². The van der Waals surface area contributed by atoms with Crippen LogP contribution in [-0.4, -0.2) is 36.8 Å². The molecule has 106 valence electrons. The Bertz CT molecular complexity index is 569. The molecular formula is C11H16FN3O3S. The zero-order valence-corrected chi connectivity index (χ0v) is 11.4. The minimum atomic E-state index is -4.55. The molecule has 19 heavy (non-hydrogen) atoms. The van der Waals surface area contributed by atoms with Crippen molar-refractivity contribution in [3.05, 3.63) is 11.8 Å². The SMILES string of the molecule is CCCc1cc(N2CC(CS(=O)(=O)F)CC2=O)n[nH]1. The van der Waals surface area contributed by atoms with E-state index in [-0.39, 0.29) is 18.9 Å². The third-order valence-electron chi connectivity index (χ3n) is 3.05. The van der Waals surface area contributed by atoms with Gasteiger partial charge in [-0.1, -0.05) is 13.3 Å². The van der Waals surface area contributed by atoms with Crippen LogP contribution in [0.1, 0.15) is 25.5 Å². The number of hydrogen-bond acceptors (Lipinski definition) is 4. The molecule has 0 saturated carbocycles. The van der Waals surface area contributed by atoms with E-state index in [0.717, 1.165) is 18.5 Å². The number of halogens is 1. The van der Waals surface area contributed by atoms with Crippen LogP contribution in [0.25, 0.3) is 0 Å². The second-order valence-electron chi connectivity index (χ2n) is 4.78.